The molecule has 0 aliphatic heterocycles. The second-order valence-corrected chi connectivity index (χ2v) is 5.01. The summed E-state index contributed by atoms with van der Waals surface area (Å²) >= 11 is 3.36. The molecule has 0 N–H and O–H groups in total. The number of hydrogen-bond donors (Lipinski definition) is 0. The number of nitrogens with zero attached hydrogens (tertiary/aromatic N) is 2. The van der Waals surface area contributed by atoms with Crippen LogP contribution in [0.15, 0.2) is 0 Å². The average molecular weight is 325 g/mol. The molecule has 1 heterocycles. The van der Waals surface area contributed by atoms with E-state index in [4.69, 9.17) is 0 Å². The molecular weight excluding hydrogens is 319 g/mol. The van der Waals surface area contributed by atoms with Gasteiger partial charge >= 0.3 is 12.1 Å². The van der Waals surface area contributed by atoms with Gasteiger partial charge in [-0.25, -0.2) is 0 Å². The van der Waals surface area contributed by atoms with Gasteiger partial charge in [0.25, 0.3) is 0 Å². The highest BCUT2D eigenvalue weighted by Gasteiger charge is 2.61. The fourth-order valence-electron chi connectivity index (χ4n) is 0.784. The Hall–Kier alpha value is -0.310. The van der Waals surface area contributed by atoms with E-state index in [-0.39, 0.29) is 21.2 Å². The molecule has 0 fully saturated rings. The van der Waals surface area contributed by atoms with Crippen molar-refractivity contribution in [2.24, 2.45) is 0 Å². The minimum absolute atomic E-state index is 0.112. The van der Waals surface area contributed by atoms with Crippen molar-refractivity contribution in [2.45, 2.75) is 30.3 Å². The summed E-state index contributed by atoms with van der Waals surface area (Å²) in [6, 6.07) is 0. The zero-order valence-electron chi connectivity index (χ0n) is 7.85. The summed E-state index contributed by atoms with van der Waals surface area (Å²) in [6.07, 6.45) is -5.12. The lowest BCUT2D eigenvalue weighted by molar-refractivity contribution is -0.289. The summed E-state index contributed by atoms with van der Waals surface area (Å²) in [6.45, 7) is 1.74. The SMILES string of the molecule is CCC(Br)c1nnc(C(F)(F)C(F)(F)F)s1. The van der Waals surface area contributed by atoms with Crippen LogP contribution in [0.3, 0.4) is 0 Å². The van der Waals surface area contributed by atoms with Crippen molar-refractivity contribution in [2.75, 3.05) is 0 Å². The highest BCUT2D eigenvalue weighted by Crippen LogP contribution is 2.45. The first-order valence-electron chi connectivity index (χ1n) is 4.12. The first-order chi connectivity index (χ1) is 7.20. The lowest BCUT2D eigenvalue weighted by atomic mass is 10.3. The van der Waals surface area contributed by atoms with Gasteiger partial charge in [-0.1, -0.05) is 34.2 Å². The van der Waals surface area contributed by atoms with Crippen molar-refractivity contribution >= 4 is 27.3 Å². The van der Waals surface area contributed by atoms with Crippen molar-refractivity contribution in [3.8, 4) is 0 Å². The zero-order valence-corrected chi connectivity index (χ0v) is 10.3. The minimum Gasteiger partial charge on any atom is -0.188 e. The van der Waals surface area contributed by atoms with E-state index in [0.717, 1.165) is 0 Å². The molecule has 0 aliphatic rings. The van der Waals surface area contributed by atoms with E-state index in [9.17, 15) is 22.0 Å². The summed E-state index contributed by atoms with van der Waals surface area (Å²) in [5.41, 5.74) is 0. The molecular formula is C7H6BrF5N2S. The fourth-order valence-corrected chi connectivity index (χ4v) is 2.06. The monoisotopic (exact) mass is 324 g/mol. The molecule has 2 nitrogen and oxygen atoms in total. The summed E-state index contributed by atoms with van der Waals surface area (Å²) in [5.74, 6) is -4.94. The van der Waals surface area contributed by atoms with Gasteiger partial charge in [0.2, 0.25) is 0 Å². The molecule has 0 amide bonds. The summed E-state index contributed by atoms with van der Waals surface area (Å²) < 4.78 is 61.6. The van der Waals surface area contributed by atoms with Crippen LogP contribution in [0.1, 0.15) is 28.2 Å². The quantitative estimate of drug-likeness (QED) is 0.619. The number of alkyl halides is 6. The van der Waals surface area contributed by atoms with Gasteiger partial charge in [0.1, 0.15) is 5.01 Å². The van der Waals surface area contributed by atoms with Gasteiger partial charge in [-0.3, -0.25) is 0 Å². The Morgan fingerprint density at radius 3 is 2.25 bits per heavy atom. The molecule has 1 aromatic heterocycles. The van der Waals surface area contributed by atoms with Crippen LogP contribution in [0.5, 0.6) is 0 Å². The molecule has 0 radical (unpaired) electrons. The first-order valence-corrected chi connectivity index (χ1v) is 5.85. The topological polar surface area (TPSA) is 25.8 Å². The maximum absolute atomic E-state index is 12.8. The number of hydrogen-bond acceptors (Lipinski definition) is 3. The van der Waals surface area contributed by atoms with Crippen LogP contribution in [0.2, 0.25) is 0 Å². The van der Waals surface area contributed by atoms with E-state index < -0.39 is 17.1 Å². The van der Waals surface area contributed by atoms with Crippen molar-refractivity contribution in [3.05, 3.63) is 10.0 Å². The summed E-state index contributed by atoms with van der Waals surface area (Å²) in [4.78, 5) is -0.359. The van der Waals surface area contributed by atoms with Crippen LogP contribution in [0.4, 0.5) is 22.0 Å². The van der Waals surface area contributed by atoms with Gasteiger partial charge in [0, 0.05) is 0 Å². The van der Waals surface area contributed by atoms with Crippen molar-refractivity contribution in [3.63, 3.8) is 0 Å². The van der Waals surface area contributed by atoms with Gasteiger partial charge in [-0.2, -0.15) is 22.0 Å². The van der Waals surface area contributed by atoms with E-state index in [0.29, 0.717) is 6.42 Å². The van der Waals surface area contributed by atoms with Gasteiger partial charge in [0.05, 0.1) is 4.83 Å². The van der Waals surface area contributed by atoms with Gasteiger partial charge < -0.3 is 0 Å². The molecule has 0 bridgehead atoms. The third kappa shape index (κ3) is 2.50. The molecule has 1 rings (SSSR count). The average Bonchev–Trinajstić information content (AvgIpc) is 2.64. The molecule has 9 heteroatoms. The highest BCUT2D eigenvalue weighted by atomic mass is 79.9. The molecule has 1 aromatic rings. The van der Waals surface area contributed by atoms with Crippen LogP contribution in [-0.2, 0) is 5.92 Å². The Kier molecular flexibility index (Phi) is 3.88. The van der Waals surface area contributed by atoms with Crippen LogP contribution < -0.4 is 0 Å². The third-order valence-corrected chi connectivity index (χ3v) is 4.18. The minimum atomic E-state index is -5.64. The second-order valence-electron chi connectivity index (χ2n) is 2.89. The normalized spacial score (nSPS) is 15.2. The number of aromatic nitrogens is 2. The predicted octanol–water partition coefficient (Wildman–Crippen LogP) is 4.04. The van der Waals surface area contributed by atoms with E-state index in [1.807, 2.05) is 0 Å². The molecule has 16 heavy (non-hydrogen) atoms. The predicted molar refractivity (Wildman–Crippen MR) is 51.8 cm³/mol. The smallest absolute Gasteiger partial charge is 0.188 e. The van der Waals surface area contributed by atoms with E-state index >= 15 is 0 Å². The van der Waals surface area contributed by atoms with Crippen molar-refractivity contribution in [1.82, 2.24) is 10.2 Å². The van der Waals surface area contributed by atoms with Crippen LogP contribution in [0.25, 0.3) is 0 Å². The molecule has 92 valence electrons. The van der Waals surface area contributed by atoms with Crippen LogP contribution in [0, 0.1) is 0 Å². The maximum Gasteiger partial charge on any atom is 0.460 e. The lowest BCUT2D eigenvalue weighted by Gasteiger charge is -2.15. The maximum atomic E-state index is 12.8. The van der Waals surface area contributed by atoms with E-state index in [2.05, 4.69) is 26.1 Å². The Morgan fingerprint density at radius 1 is 1.25 bits per heavy atom. The largest absolute Gasteiger partial charge is 0.460 e. The molecule has 0 saturated heterocycles. The van der Waals surface area contributed by atoms with Gasteiger partial charge in [0.15, 0.2) is 5.01 Å². The summed E-state index contributed by atoms with van der Waals surface area (Å²) in [5, 5.41) is 4.99. The lowest BCUT2D eigenvalue weighted by Crippen LogP contribution is -2.33. The molecule has 0 saturated carbocycles. The number of rotatable bonds is 3. The second kappa shape index (κ2) is 4.52. The first kappa shape index (κ1) is 13.8. The Morgan fingerprint density at radius 2 is 1.81 bits per heavy atom. The molecule has 1 atom stereocenters. The van der Waals surface area contributed by atoms with Crippen LogP contribution in [-0.4, -0.2) is 16.4 Å². The van der Waals surface area contributed by atoms with E-state index in [1.165, 1.54) is 0 Å². The van der Waals surface area contributed by atoms with Gasteiger partial charge in [-0.05, 0) is 6.42 Å². The Balaban J connectivity index is 3.02. The molecule has 0 spiro atoms. The fraction of sp³-hybridized carbons (Fsp3) is 0.714. The van der Waals surface area contributed by atoms with Crippen molar-refractivity contribution in [1.29, 1.82) is 0 Å². The van der Waals surface area contributed by atoms with Gasteiger partial charge in [-0.15, -0.1) is 10.2 Å². The highest BCUT2D eigenvalue weighted by molar-refractivity contribution is 9.09. The molecule has 0 aliphatic carbocycles. The summed E-state index contributed by atoms with van der Waals surface area (Å²) in [7, 11) is 0. The van der Waals surface area contributed by atoms with E-state index in [1.54, 1.807) is 6.92 Å². The van der Waals surface area contributed by atoms with Crippen LogP contribution >= 0.6 is 27.3 Å². The zero-order chi connectivity index (χ0) is 12.6. The van der Waals surface area contributed by atoms with Crippen molar-refractivity contribution < 1.29 is 22.0 Å². The number of halogens is 6. The Labute approximate surface area is 100.0 Å². The molecule has 1 unspecified atom stereocenters. The third-order valence-electron chi connectivity index (χ3n) is 1.69. The standard InChI is InChI=1S/C7H6BrF5N2S/c1-2-3(8)4-14-15-5(16-4)6(9,10)7(11,12)13/h3H,2H2,1H3. The molecule has 0 aromatic carbocycles. The Bertz CT molecular complexity index is 364.